The zero-order chi connectivity index (χ0) is 14.4. The van der Waals surface area contributed by atoms with Crippen molar-refractivity contribution in [2.75, 3.05) is 0 Å². The highest BCUT2D eigenvalue weighted by atomic mass is 32.1. The van der Waals surface area contributed by atoms with Crippen LogP contribution in [0, 0.1) is 5.92 Å². The van der Waals surface area contributed by atoms with Gasteiger partial charge in [-0.3, -0.25) is 4.99 Å². The van der Waals surface area contributed by atoms with E-state index < -0.39 is 0 Å². The molecule has 3 atom stereocenters. The zero-order valence-corrected chi connectivity index (χ0v) is 12.7. The van der Waals surface area contributed by atoms with Gasteiger partial charge in [0.25, 0.3) is 0 Å². The zero-order valence-electron chi connectivity index (χ0n) is 11.9. The molecule has 3 unspecified atom stereocenters. The summed E-state index contributed by atoms with van der Waals surface area (Å²) in [6.07, 6.45) is 15.7. The Morgan fingerprint density at radius 2 is 2.30 bits per heavy atom. The summed E-state index contributed by atoms with van der Waals surface area (Å²) in [5.74, 6) is 1.26. The van der Waals surface area contributed by atoms with Gasteiger partial charge in [0.1, 0.15) is 5.84 Å². The first-order valence-electron chi connectivity index (χ1n) is 7.02. The topological polar surface area (TPSA) is 36.4 Å². The maximum atomic E-state index is 4.87. The van der Waals surface area contributed by atoms with E-state index >= 15 is 0 Å². The van der Waals surface area contributed by atoms with E-state index in [0.29, 0.717) is 6.04 Å². The average molecular weight is 287 g/mol. The highest BCUT2D eigenvalue weighted by molar-refractivity contribution is 7.78. The van der Waals surface area contributed by atoms with Gasteiger partial charge in [-0.25, -0.2) is 0 Å². The van der Waals surface area contributed by atoms with E-state index in [1.54, 1.807) is 0 Å². The molecule has 0 saturated heterocycles. The summed E-state index contributed by atoms with van der Waals surface area (Å²) in [5.41, 5.74) is 2.55. The van der Waals surface area contributed by atoms with Crippen molar-refractivity contribution >= 4 is 23.5 Å². The molecule has 1 aliphatic heterocycles. The van der Waals surface area contributed by atoms with Gasteiger partial charge in [0, 0.05) is 11.6 Å². The van der Waals surface area contributed by atoms with Crippen LogP contribution in [0.1, 0.15) is 20.3 Å². The van der Waals surface area contributed by atoms with Gasteiger partial charge in [0.05, 0.1) is 17.6 Å². The Kier molecular flexibility index (Phi) is 5.30. The van der Waals surface area contributed by atoms with Crippen molar-refractivity contribution in [3.8, 4) is 0 Å². The molecule has 2 N–H and O–H groups in total. The van der Waals surface area contributed by atoms with E-state index in [1.807, 2.05) is 0 Å². The minimum atomic E-state index is 0.223. The molecule has 106 valence electrons. The third-order valence-electron chi connectivity index (χ3n) is 3.33. The molecule has 2 rings (SSSR count). The number of thiocarbonyl (C=S) groups is 1. The third kappa shape index (κ3) is 3.67. The molecule has 0 saturated carbocycles. The van der Waals surface area contributed by atoms with Gasteiger partial charge in [-0.1, -0.05) is 62.5 Å². The minimum Gasteiger partial charge on any atom is -0.365 e. The fourth-order valence-corrected chi connectivity index (χ4v) is 2.42. The summed E-state index contributed by atoms with van der Waals surface area (Å²) >= 11 is 4.87. The fraction of sp³-hybridized carbons (Fsp3) is 0.375. The van der Waals surface area contributed by atoms with Gasteiger partial charge in [-0.05, 0) is 12.5 Å². The molecule has 0 radical (unpaired) electrons. The van der Waals surface area contributed by atoms with E-state index in [1.165, 1.54) is 5.49 Å². The van der Waals surface area contributed by atoms with Gasteiger partial charge in [-0.2, -0.15) is 0 Å². The Balaban J connectivity index is 2.08. The Morgan fingerprint density at radius 3 is 3.00 bits per heavy atom. The van der Waals surface area contributed by atoms with E-state index in [9.17, 15) is 0 Å². The molecule has 4 heteroatoms. The minimum absolute atomic E-state index is 0.223. The van der Waals surface area contributed by atoms with Crippen LogP contribution in [0.25, 0.3) is 0 Å². The van der Waals surface area contributed by atoms with Crippen LogP contribution < -0.4 is 10.6 Å². The SMILES string of the molecule is CC/C=C\C(=C/C(C)C1=NC2C=CC=CC2N1)NC=S. The van der Waals surface area contributed by atoms with E-state index in [4.69, 9.17) is 17.2 Å². The number of nitrogens with zero attached hydrogens (tertiary/aromatic N) is 1. The Hall–Kier alpha value is -1.68. The van der Waals surface area contributed by atoms with E-state index in [-0.39, 0.29) is 12.0 Å². The summed E-state index contributed by atoms with van der Waals surface area (Å²) in [7, 11) is 0. The number of amidine groups is 1. The van der Waals surface area contributed by atoms with Gasteiger partial charge in [0.2, 0.25) is 0 Å². The van der Waals surface area contributed by atoms with Crippen LogP contribution in [0.4, 0.5) is 0 Å². The molecule has 0 spiro atoms. The second kappa shape index (κ2) is 7.20. The van der Waals surface area contributed by atoms with Crippen molar-refractivity contribution in [2.45, 2.75) is 32.4 Å². The van der Waals surface area contributed by atoms with Gasteiger partial charge in [0.15, 0.2) is 0 Å². The first-order valence-corrected chi connectivity index (χ1v) is 7.49. The first-order chi connectivity index (χ1) is 9.74. The summed E-state index contributed by atoms with van der Waals surface area (Å²) in [6.45, 7) is 4.25. The lowest BCUT2D eigenvalue weighted by molar-refractivity contribution is 0.690. The molecule has 0 bridgehead atoms. The number of rotatable bonds is 6. The highest BCUT2D eigenvalue weighted by Gasteiger charge is 2.27. The number of hydrogen-bond donors (Lipinski definition) is 2. The Bertz CT molecular complexity index is 500. The van der Waals surface area contributed by atoms with Crippen molar-refractivity contribution in [1.82, 2.24) is 10.6 Å². The summed E-state index contributed by atoms with van der Waals surface area (Å²) in [4.78, 5) is 4.74. The molecule has 0 fully saturated rings. The predicted molar refractivity (Wildman–Crippen MR) is 89.9 cm³/mol. The lowest BCUT2D eigenvalue weighted by Gasteiger charge is -2.15. The Morgan fingerprint density at radius 1 is 1.50 bits per heavy atom. The largest absolute Gasteiger partial charge is 0.365 e. The molecule has 3 nitrogen and oxygen atoms in total. The molecule has 0 aromatic rings. The fourth-order valence-electron chi connectivity index (χ4n) is 2.28. The van der Waals surface area contributed by atoms with Crippen molar-refractivity contribution in [2.24, 2.45) is 10.9 Å². The van der Waals surface area contributed by atoms with Crippen LogP contribution in [-0.4, -0.2) is 23.4 Å². The molecule has 0 aromatic carbocycles. The van der Waals surface area contributed by atoms with Crippen molar-refractivity contribution in [3.05, 3.63) is 48.2 Å². The predicted octanol–water partition coefficient (Wildman–Crippen LogP) is 2.88. The molecule has 1 aliphatic carbocycles. The van der Waals surface area contributed by atoms with Crippen molar-refractivity contribution in [3.63, 3.8) is 0 Å². The molecular weight excluding hydrogens is 266 g/mol. The monoisotopic (exact) mass is 287 g/mol. The molecule has 0 amide bonds. The number of nitrogens with one attached hydrogen (secondary N) is 2. The quantitative estimate of drug-likeness (QED) is 0.582. The summed E-state index contributed by atoms with van der Waals surface area (Å²) < 4.78 is 0. The summed E-state index contributed by atoms with van der Waals surface area (Å²) in [6, 6.07) is 0.540. The first kappa shape index (κ1) is 14.7. The average Bonchev–Trinajstić information content (AvgIpc) is 2.89. The van der Waals surface area contributed by atoms with Crippen LogP contribution in [-0.2, 0) is 0 Å². The second-order valence-corrected chi connectivity index (χ2v) is 5.16. The molecule has 20 heavy (non-hydrogen) atoms. The lowest BCUT2D eigenvalue weighted by atomic mass is 10.1. The van der Waals surface area contributed by atoms with Gasteiger partial charge in [-0.15, -0.1) is 0 Å². The van der Waals surface area contributed by atoms with Crippen LogP contribution in [0.5, 0.6) is 0 Å². The van der Waals surface area contributed by atoms with Crippen LogP contribution in [0.15, 0.2) is 53.2 Å². The number of aliphatic imine (C=N–C) groups is 1. The molecule has 1 heterocycles. The molecular formula is C16H21N3S. The Labute approximate surface area is 126 Å². The van der Waals surface area contributed by atoms with E-state index in [0.717, 1.165) is 18.0 Å². The van der Waals surface area contributed by atoms with Crippen LogP contribution in [0.2, 0.25) is 0 Å². The number of allylic oxidation sites excluding steroid dienone is 4. The molecule has 0 aromatic heterocycles. The lowest BCUT2D eigenvalue weighted by Crippen LogP contribution is -2.35. The smallest absolute Gasteiger partial charge is 0.104 e. The molecule has 2 aliphatic rings. The normalized spacial score (nSPS) is 26.1. The van der Waals surface area contributed by atoms with Crippen molar-refractivity contribution < 1.29 is 0 Å². The number of hydrogen-bond acceptors (Lipinski definition) is 3. The van der Waals surface area contributed by atoms with E-state index in [2.05, 4.69) is 67.0 Å². The highest BCUT2D eigenvalue weighted by Crippen LogP contribution is 2.18. The van der Waals surface area contributed by atoms with Crippen molar-refractivity contribution in [1.29, 1.82) is 0 Å². The summed E-state index contributed by atoms with van der Waals surface area (Å²) in [5, 5.41) is 6.56. The number of fused-ring (bicyclic) bond motifs is 1. The maximum absolute atomic E-state index is 4.87. The van der Waals surface area contributed by atoms with Gasteiger partial charge < -0.3 is 10.6 Å². The van der Waals surface area contributed by atoms with Crippen LogP contribution >= 0.6 is 12.2 Å². The second-order valence-electron chi connectivity index (χ2n) is 4.93. The van der Waals surface area contributed by atoms with Gasteiger partial charge >= 0.3 is 0 Å². The third-order valence-corrected chi connectivity index (χ3v) is 3.45. The standard InChI is InChI=1S/C16H21N3S/c1-3-4-7-13(17-11-20)10-12(2)16-18-14-8-5-6-9-15(14)19-16/h4-12,14-15H,3H2,1-2H3,(H,17,20)(H,18,19)/b7-4-,13-10+. The van der Waals surface area contributed by atoms with Crippen LogP contribution in [0.3, 0.4) is 0 Å². The maximum Gasteiger partial charge on any atom is 0.104 e.